The van der Waals surface area contributed by atoms with Crippen LogP contribution in [0.15, 0.2) is 12.1 Å². The Morgan fingerprint density at radius 2 is 2.10 bits per heavy atom. The molecule has 21 heavy (non-hydrogen) atoms. The molecule has 1 saturated carbocycles. The Hall–Kier alpha value is -2.09. The highest BCUT2D eigenvalue weighted by molar-refractivity contribution is 6.16. The van der Waals surface area contributed by atoms with Crippen LogP contribution in [0.1, 0.15) is 24.7 Å². The zero-order valence-corrected chi connectivity index (χ0v) is 11.3. The van der Waals surface area contributed by atoms with Crippen LogP contribution >= 0.6 is 11.6 Å². The summed E-state index contributed by atoms with van der Waals surface area (Å²) in [6.07, 6.45) is 1.65. The summed E-state index contributed by atoms with van der Waals surface area (Å²) in [4.78, 5) is 9.88. The molecule has 1 aromatic heterocycles. The number of benzene rings is 1. The summed E-state index contributed by atoms with van der Waals surface area (Å²) < 4.78 is 29.8. The lowest BCUT2D eigenvalue weighted by atomic mass is 10.1. The minimum atomic E-state index is -1.25. The van der Waals surface area contributed by atoms with Crippen molar-refractivity contribution >= 4 is 17.3 Å². The third-order valence-corrected chi connectivity index (χ3v) is 3.53. The van der Waals surface area contributed by atoms with Crippen molar-refractivity contribution in [3.8, 4) is 11.4 Å². The number of nitro benzene ring substituents is 1. The van der Waals surface area contributed by atoms with Crippen LogP contribution in [-0.4, -0.2) is 19.7 Å². The van der Waals surface area contributed by atoms with E-state index < -0.39 is 27.8 Å². The molecule has 0 N–H and O–H groups in total. The van der Waals surface area contributed by atoms with Gasteiger partial charge >= 0.3 is 5.69 Å². The number of hydrogen-bond donors (Lipinski definition) is 0. The molecule has 0 bridgehead atoms. The molecule has 0 amide bonds. The van der Waals surface area contributed by atoms with Gasteiger partial charge in [0.15, 0.2) is 5.82 Å². The third kappa shape index (κ3) is 2.25. The predicted molar refractivity (Wildman–Crippen MR) is 69.9 cm³/mol. The summed E-state index contributed by atoms with van der Waals surface area (Å²) in [5, 5.41) is 18.4. The van der Waals surface area contributed by atoms with Gasteiger partial charge in [0.2, 0.25) is 5.82 Å². The number of aromatic nitrogens is 3. The highest BCUT2D eigenvalue weighted by Gasteiger charge is 2.33. The van der Waals surface area contributed by atoms with Crippen LogP contribution < -0.4 is 0 Å². The molecule has 110 valence electrons. The van der Waals surface area contributed by atoms with E-state index in [2.05, 4.69) is 10.2 Å². The second kappa shape index (κ2) is 5.03. The van der Waals surface area contributed by atoms with E-state index in [0.717, 1.165) is 25.0 Å². The summed E-state index contributed by atoms with van der Waals surface area (Å²) in [5.41, 5.74) is -1.34. The number of hydrogen-bond acceptors (Lipinski definition) is 4. The van der Waals surface area contributed by atoms with E-state index in [-0.39, 0.29) is 17.7 Å². The van der Waals surface area contributed by atoms with Gasteiger partial charge in [-0.25, -0.2) is 4.39 Å². The van der Waals surface area contributed by atoms with Gasteiger partial charge in [-0.05, 0) is 18.9 Å². The van der Waals surface area contributed by atoms with E-state index >= 15 is 0 Å². The SMILES string of the molecule is O=[N+]([O-])c1ccc(F)c(-c2nnc(CCl)n2C2CC2)c1F. The van der Waals surface area contributed by atoms with Crippen LogP contribution in [-0.2, 0) is 5.88 Å². The van der Waals surface area contributed by atoms with E-state index in [1.165, 1.54) is 0 Å². The molecule has 0 atom stereocenters. The topological polar surface area (TPSA) is 73.8 Å². The standard InChI is InChI=1S/C12H9ClF2N4O2/c13-5-9-16-17-12(18(9)6-1-2-6)10-7(14)3-4-8(11(10)15)19(20)21/h3-4,6H,1-2,5H2. The van der Waals surface area contributed by atoms with E-state index in [1.807, 2.05) is 0 Å². The molecule has 1 aliphatic carbocycles. The maximum Gasteiger partial charge on any atom is 0.305 e. The summed E-state index contributed by atoms with van der Waals surface area (Å²) >= 11 is 5.75. The lowest BCUT2D eigenvalue weighted by Crippen LogP contribution is -2.05. The molecule has 3 rings (SSSR count). The molecular formula is C12H9ClF2N4O2. The molecule has 2 aromatic rings. The van der Waals surface area contributed by atoms with Crippen molar-refractivity contribution in [1.29, 1.82) is 0 Å². The largest absolute Gasteiger partial charge is 0.307 e. The van der Waals surface area contributed by atoms with Crippen LogP contribution in [0.5, 0.6) is 0 Å². The first-order chi connectivity index (χ1) is 10.0. The Kier molecular flexibility index (Phi) is 3.32. The summed E-state index contributed by atoms with van der Waals surface area (Å²) in [7, 11) is 0. The number of nitrogens with zero attached hydrogens (tertiary/aromatic N) is 4. The van der Waals surface area contributed by atoms with Gasteiger partial charge in [0.25, 0.3) is 0 Å². The fraction of sp³-hybridized carbons (Fsp3) is 0.333. The first-order valence-corrected chi connectivity index (χ1v) is 6.70. The Labute approximate surface area is 122 Å². The normalized spacial score (nSPS) is 14.4. The molecule has 0 spiro atoms. The van der Waals surface area contributed by atoms with Gasteiger partial charge in [0.05, 0.1) is 16.4 Å². The monoisotopic (exact) mass is 314 g/mol. The van der Waals surface area contributed by atoms with Crippen LogP contribution in [0, 0.1) is 21.7 Å². The molecule has 0 unspecified atom stereocenters. The van der Waals surface area contributed by atoms with Gasteiger partial charge in [0.1, 0.15) is 11.6 Å². The Bertz CT molecular complexity index is 730. The average molecular weight is 315 g/mol. The van der Waals surface area contributed by atoms with Crippen LogP contribution in [0.25, 0.3) is 11.4 Å². The first-order valence-electron chi connectivity index (χ1n) is 6.17. The molecule has 1 heterocycles. The molecule has 0 aliphatic heterocycles. The fourth-order valence-corrected chi connectivity index (χ4v) is 2.37. The molecule has 9 heteroatoms. The number of halogens is 3. The highest BCUT2D eigenvalue weighted by Crippen LogP contribution is 2.41. The molecule has 0 radical (unpaired) electrons. The molecule has 1 aliphatic rings. The fourth-order valence-electron chi connectivity index (χ4n) is 2.19. The smallest absolute Gasteiger partial charge is 0.305 e. The van der Waals surface area contributed by atoms with Crippen molar-refractivity contribution in [3.63, 3.8) is 0 Å². The van der Waals surface area contributed by atoms with Crippen LogP contribution in [0.3, 0.4) is 0 Å². The van der Waals surface area contributed by atoms with Crippen molar-refractivity contribution in [2.75, 3.05) is 0 Å². The molecule has 1 aromatic carbocycles. The Morgan fingerprint density at radius 3 is 2.67 bits per heavy atom. The Morgan fingerprint density at radius 1 is 1.38 bits per heavy atom. The van der Waals surface area contributed by atoms with E-state index in [1.54, 1.807) is 4.57 Å². The van der Waals surface area contributed by atoms with E-state index in [9.17, 15) is 18.9 Å². The van der Waals surface area contributed by atoms with Gasteiger partial charge in [-0.2, -0.15) is 4.39 Å². The van der Waals surface area contributed by atoms with Crippen molar-refractivity contribution in [3.05, 3.63) is 39.7 Å². The number of nitro groups is 1. The van der Waals surface area contributed by atoms with Gasteiger partial charge in [-0.1, -0.05) is 0 Å². The van der Waals surface area contributed by atoms with Gasteiger partial charge < -0.3 is 4.57 Å². The van der Waals surface area contributed by atoms with Crippen molar-refractivity contribution < 1.29 is 13.7 Å². The average Bonchev–Trinajstić information content (AvgIpc) is 3.19. The molecular weight excluding hydrogens is 306 g/mol. The van der Waals surface area contributed by atoms with Crippen LogP contribution in [0.2, 0.25) is 0 Å². The van der Waals surface area contributed by atoms with E-state index in [4.69, 9.17) is 11.6 Å². The maximum atomic E-state index is 14.3. The zero-order valence-electron chi connectivity index (χ0n) is 10.6. The second-order valence-corrected chi connectivity index (χ2v) is 4.95. The van der Waals surface area contributed by atoms with Gasteiger partial charge in [-0.15, -0.1) is 21.8 Å². The third-order valence-electron chi connectivity index (χ3n) is 3.29. The predicted octanol–water partition coefficient (Wildman–Crippen LogP) is 3.21. The second-order valence-electron chi connectivity index (χ2n) is 4.69. The first kappa shape index (κ1) is 13.9. The van der Waals surface area contributed by atoms with Crippen LogP contribution in [0.4, 0.5) is 14.5 Å². The summed E-state index contributed by atoms with van der Waals surface area (Å²) in [6, 6.07) is 1.67. The molecule has 0 saturated heterocycles. The maximum absolute atomic E-state index is 14.3. The molecule has 6 nitrogen and oxygen atoms in total. The highest BCUT2D eigenvalue weighted by atomic mass is 35.5. The molecule has 1 fully saturated rings. The van der Waals surface area contributed by atoms with Crippen molar-refractivity contribution in [2.45, 2.75) is 24.8 Å². The van der Waals surface area contributed by atoms with Crippen molar-refractivity contribution in [2.24, 2.45) is 0 Å². The minimum absolute atomic E-state index is 0.0295. The quantitative estimate of drug-likeness (QED) is 0.493. The van der Waals surface area contributed by atoms with Gasteiger partial charge in [-0.3, -0.25) is 10.1 Å². The minimum Gasteiger partial charge on any atom is -0.307 e. The van der Waals surface area contributed by atoms with E-state index in [0.29, 0.717) is 5.82 Å². The number of alkyl halides is 1. The lowest BCUT2D eigenvalue weighted by Gasteiger charge is -2.09. The van der Waals surface area contributed by atoms with Gasteiger partial charge in [0, 0.05) is 12.1 Å². The number of rotatable bonds is 4. The lowest BCUT2D eigenvalue weighted by molar-refractivity contribution is -0.387. The summed E-state index contributed by atoms with van der Waals surface area (Å²) in [6.45, 7) is 0. The van der Waals surface area contributed by atoms with Crippen molar-refractivity contribution in [1.82, 2.24) is 14.8 Å². The summed E-state index contributed by atoms with van der Waals surface area (Å²) in [5.74, 6) is -1.81. The Balaban J connectivity index is 2.23. The zero-order chi connectivity index (χ0) is 15.1.